The summed E-state index contributed by atoms with van der Waals surface area (Å²) >= 11 is 0. The van der Waals surface area contributed by atoms with E-state index in [2.05, 4.69) is 0 Å². The highest BCUT2D eigenvalue weighted by Crippen LogP contribution is 1.98. The third-order valence-electron chi connectivity index (χ3n) is 0.788. The molecule has 2 nitrogen and oxygen atoms in total. The lowest BCUT2D eigenvalue weighted by Crippen LogP contribution is -2.00. The maximum Gasteiger partial charge on any atom is 0.147 e. The first-order chi connectivity index (χ1) is 5.89. The maximum atomic E-state index is 4.93. The van der Waals surface area contributed by atoms with E-state index >= 15 is 0 Å². The predicted octanol–water partition coefficient (Wildman–Crippen LogP) is 3.46. The van der Waals surface area contributed by atoms with Crippen LogP contribution in [0.25, 0.3) is 0 Å². The molecule has 0 radical (unpaired) electrons. The largest absolute Gasteiger partial charge is 0.353 e. The summed E-state index contributed by atoms with van der Waals surface area (Å²) in [6, 6.07) is 0. The Kier molecular flexibility index (Phi) is 33.4. The standard InChI is InChI=1S/C4H8O2.3C2H6/c1-4-2-5-3-6-4;3*1-2/h4H,2-3H2,1H3;3*1-2H3. The van der Waals surface area contributed by atoms with Crippen LogP contribution in [0.3, 0.4) is 0 Å². The molecule has 1 aliphatic heterocycles. The Labute approximate surface area is 78.3 Å². The van der Waals surface area contributed by atoms with Gasteiger partial charge in [0.1, 0.15) is 6.79 Å². The summed E-state index contributed by atoms with van der Waals surface area (Å²) < 4.78 is 9.77. The Morgan fingerprint density at radius 3 is 1.42 bits per heavy atom. The molecule has 0 saturated carbocycles. The van der Waals surface area contributed by atoms with Crippen molar-refractivity contribution in [1.82, 2.24) is 0 Å². The molecule has 0 aromatic carbocycles. The van der Waals surface area contributed by atoms with Gasteiger partial charge in [-0.25, -0.2) is 0 Å². The Balaban J connectivity index is -0.000000117. The van der Waals surface area contributed by atoms with E-state index in [0.717, 1.165) is 6.61 Å². The third-order valence-corrected chi connectivity index (χ3v) is 0.788. The van der Waals surface area contributed by atoms with Crippen LogP contribution in [0.1, 0.15) is 48.5 Å². The molecule has 2 heteroatoms. The normalized spacial score (nSPS) is 18.8. The fourth-order valence-corrected chi connectivity index (χ4v) is 0.426. The predicted molar refractivity (Wildman–Crippen MR) is 55.4 cm³/mol. The van der Waals surface area contributed by atoms with E-state index in [4.69, 9.17) is 9.47 Å². The Hall–Kier alpha value is -0.0800. The minimum Gasteiger partial charge on any atom is -0.353 e. The van der Waals surface area contributed by atoms with Crippen molar-refractivity contribution < 1.29 is 9.47 Å². The highest BCUT2D eigenvalue weighted by molar-refractivity contribution is 4.47. The van der Waals surface area contributed by atoms with Crippen molar-refractivity contribution in [1.29, 1.82) is 0 Å². The molecule has 12 heavy (non-hydrogen) atoms. The molecule has 1 unspecified atom stereocenters. The lowest BCUT2D eigenvalue weighted by atomic mass is 10.5. The highest BCUT2D eigenvalue weighted by Gasteiger charge is 2.07. The average molecular weight is 178 g/mol. The van der Waals surface area contributed by atoms with E-state index in [9.17, 15) is 0 Å². The van der Waals surface area contributed by atoms with Crippen molar-refractivity contribution in [3.05, 3.63) is 0 Å². The average Bonchev–Trinajstić information content (AvgIpc) is 2.66. The second-order valence-electron chi connectivity index (χ2n) is 1.47. The van der Waals surface area contributed by atoms with Gasteiger partial charge in [0.15, 0.2) is 0 Å². The van der Waals surface area contributed by atoms with Gasteiger partial charge < -0.3 is 9.47 Å². The molecule has 0 bridgehead atoms. The van der Waals surface area contributed by atoms with E-state index in [1.807, 2.05) is 48.5 Å². The van der Waals surface area contributed by atoms with Crippen LogP contribution in [-0.4, -0.2) is 19.5 Å². The fourth-order valence-electron chi connectivity index (χ4n) is 0.426. The molecule has 0 aromatic rings. The van der Waals surface area contributed by atoms with Crippen LogP contribution in [0.15, 0.2) is 0 Å². The lowest BCUT2D eigenvalue weighted by Gasteiger charge is -1.90. The van der Waals surface area contributed by atoms with Crippen molar-refractivity contribution >= 4 is 0 Å². The second kappa shape index (κ2) is 22.4. The zero-order valence-electron chi connectivity index (χ0n) is 9.81. The first-order valence-electron chi connectivity index (χ1n) is 5.09. The molecular weight excluding hydrogens is 152 g/mol. The zero-order chi connectivity index (χ0) is 10.4. The summed E-state index contributed by atoms with van der Waals surface area (Å²) in [5, 5.41) is 0. The summed E-state index contributed by atoms with van der Waals surface area (Å²) in [7, 11) is 0. The Bertz CT molecular complexity index is 41.1. The van der Waals surface area contributed by atoms with Gasteiger partial charge >= 0.3 is 0 Å². The maximum absolute atomic E-state index is 4.93. The van der Waals surface area contributed by atoms with Gasteiger partial charge in [0.05, 0.1) is 12.7 Å². The van der Waals surface area contributed by atoms with Crippen molar-refractivity contribution in [2.45, 2.75) is 54.6 Å². The molecular formula is C10H26O2. The molecule has 1 saturated heterocycles. The van der Waals surface area contributed by atoms with Gasteiger partial charge in [0, 0.05) is 0 Å². The van der Waals surface area contributed by atoms with E-state index in [0.29, 0.717) is 12.9 Å². The van der Waals surface area contributed by atoms with Gasteiger partial charge in [-0.3, -0.25) is 0 Å². The molecule has 1 atom stereocenters. The summed E-state index contributed by atoms with van der Waals surface area (Å²) in [4.78, 5) is 0. The Morgan fingerprint density at radius 1 is 0.917 bits per heavy atom. The summed E-state index contributed by atoms with van der Waals surface area (Å²) in [6.45, 7) is 15.2. The number of hydrogen-bond acceptors (Lipinski definition) is 2. The smallest absolute Gasteiger partial charge is 0.147 e. The lowest BCUT2D eigenvalue weighted by molar-refractivity contribution is 0.0514. The fraction of sp³-hybridized carbons (Fsp3) is 1.00. The molecule has 78 valence electrons. The molecule has 1 fully saturated rings. The quantitative estimate of drug-likeness (QED) is 0.565. The zero-order valence-corrected chi connectivity index (χ0v) is 9.81. The number of rotatable bonds is 0. The molecule has 0 amide bonds. The second-order valence-corrected chi connectivity index (χ2v) is 1.47. The molecule has 0 spiro atoms. The van der Waals surface area contributed by atoms with Crippen LogP contribution in [0.5, 0.6) is 0 Å². The number of ether oxygens (including phenoxy) is 2. The first kappa shape index (κ1) is 17.9. The Morgan fingerprint density at radius 2 is 1.33 bits per heavy atom. The molecule has 1 rings (SSSR count). The number of hydrogen-bond donors (Lipinski definition) is 0. The van der Waals surface area contributed by atoms with Gasteiger partial charge in [-0.05, 0) is 6.92 Å². The van der Waals surface area contributed by atoms with Gasteiger partial charge in [-0.2, -0.15) is 0 Å². The van der Waals surface area contributed by atoms with Crippen LogP contribution in [0.4, 0.5) is 0 Å². The minimum absolute atomic E-state index is 0.324. The topological polar surface area (TPSA) is 18.5 Å². The van der Waals surface area contributed by atoms with E-state index in [1.54, 1.807) is 0 Å². The van der Waals surface area contributed by atoms with Crippen LogP contribution in [-0.2, 0) is 9.47 Å². The monoisotopic (exact) mass is 178 g/mol. The van der Waals surface area contributed by atoms with Gasteiger partial charge in [0.2, 0.25) is 0 Å². The van der Waals surface area contributed by atoms with E-state index < -0.39 is 0 Å². The van der Waals surface area contributed by atoms with Crippen LogP contribution >= 0.6 is 0 Å². The van der Waals surface area contributed by atoms with Crippen molar-refractivity contribution in [2.75, 3.05) is 13.4 Å². The van der Waals surface area contributed by atoms with Crippen LogP contribution in [0, 0.1) is 0 Å². The van der Waals surface area contributed by atoms with Gasteiger partial charge in [-0.15, -0.1) is 0 Å². The van der Waals surface area contributed by atoms with E-state index in [1.165, 1.54) is 0 Å². The van der Waals surface area contributed by atoms with Crippen molar-refractivity contribution in [3.63, 3.8) is 0 Å². The highest BCUT2D eigenvalue weighted by atomic mass is 16.7. The van der Waals surface area contributed by atoms with Crippen molar-refractivity contribution in [3.8, 4) is 0 Å². The molecule has 1 aliphatic rings. The van der Waals surface area contributed by atoms with Crippen LogP contribution in [0.2, 0.25) is 0 Å². The first-order valence-corrected chi connectivity index (χ1v) is 5.09. The molecule has 0 N–H and O–H groups in total. The minimum atomic E-state index is 0.324. The van der Waals surface area contributed by atoms with Crippen LogP contribution < -0.4 is 0 Å². The van der Waals surface area contributed by atoms with Gasteiger partial charge in [-0.1, -0.05) is 41.5 Å². The summed E-state index contributed by atoms with van der Waals surface area (Å²) in [5.74, 6) is 0. The molecule has 1 heterocycles. The summed E-state index contributed by atoms with van der Waals surface area (Å²) in [5.41, 5.74) is 0. The summed E-state index contributed by atoms with van der Waals surface area (Å²) in [6.07, 6.45) is 0.324. The third kappa shape index (κ3) is 16.5. The SMILES string of the molecule is CC.CC.CC.CC1COCO1. The molecule has 0 aliphatic carbocycles. The van der Waals surface area contributed by atoms with Gasteiger partial charge in [0.25, 0.3) is 0 Å². The van der Waals surface area contributed by atoms with E-state index in [-0.39, 0.29) is 0 Å². The molecule has 0 aromatic heterocycles. The van der Waals surface area contributed by atoms with Crippen molar-refractivity contribution in [2.24, 2.45) is 0 Å².